The van der Waals surface area contributed by atoms with Crippen LogP contribution >= 0.6 is 61.1 Å². The van der Waals surface area contributed by atoms with Gasteiger partial charge in [-0.3, -0.25) is 4.79 Å². The Labute approximate surface area is 157 Å². The van der Waals surface area contributed by atoms with Crippen LogP contribution in [0, 0.1) is 7.14 Å². The van der Waals surface area contributed by atoms with Crippen molar-refractivity contribution in [3.8, 4) is 5.75 Å². The predicted molar refractivity (Wildman–Crippen MR) is 103 cm³/mol. The van der Waals surface area contributed by atoms with E-state index in [1.807, 2.05) is 34.7 Å². The van der Waals surface area contributed by atoms with E-state index in [0.717, 1.165) is 7.14 Å². The largest absolute Gasteiger partial charge is 0.506 e. The van der Waals surface area contributed by atoms with Crippen LogP contribution in [0.5, 0.6) is 5.75 Å². The number of nitrogens with zero attached hydrogens (tertiary/aromatic N) is 1. The third-order valence-corrected chi connectivity index (χ3v) is 4.68. The molecule has 2 N–H and O–H groups in total. The summed E-state index contributed by atoms with van der Waals surface area (Å²) in [5, 5.41) is 13.8. The minimum Gasteiger partial charge on any atom is -0.506 e. The van der Waals surface area contributed by atoms with Crippen LogP contribution in [0.2, 0.25) is 0 Å². The molecule has 0 saturated carbocycles. The molecule has 2 aromatic rings. The Bertz CT molecular complexity index is 720. The van der Waals surface area contributed by atoms with Crippen molar-refractivity contribution in [2.45, 2.75) is 0 Å². The lowest BCUT2D eigenvalue weighted by Crippen LogP contribution is -2.18. The Hall–Kier alpha value is -0.680. The minimum absolute atomic E-state index is 0.148. The number of phenols is 1. The zero-order valence-corrected chi connectivity index (χ0v) is 16.4. The lowest BCUT2D eigenvalue weighted by molar-refractivity contribution is 0.0954. The number of rotatable bonds is 3. The molecule has 0 aliphatic heterocycles. The second-order valence-electron chi connectivity index (χ2n) is 4.00. The molecule has 2 rings (SSSR count). The Morgan fingerprint density at radius 1 is 1.29 bits per heavy atom. The van der Waals surface area contributed by atoms with Gasteiger partial charge in [-0.25, -0.2) is 5.43 Å². The summed E-state index contributed by atoms with van der Waals surface area (Å²) in [4.78, 5) is 12.0. The monoisotopic (exact) mass is 570 g/mol. The Kier molecular flexibility index (Phi) is 5.99. The van der Waals surface area contributed by atoms with E-state index in [1.165, 1.54) is 6.21 Å². The molecule has 2 aromatic carbocycles. The molecule has 4 nitrogen and oxygen atoms in total. The highest BCUT2D eigenvalue weighted by Crippen LogP contribution is 2.25. The number of halogens is 3. The van der Waals surface area contributed by atoms with Gasteiger partial charge in [-0.05, 0) is 85.4 Å². The average molecular weight is 571 g/mol. The van der Waals surface area contributed by atoms with Crippen LogP contribution in [0.4, 0.5) is 0 Å². The van der Waals surface area contributed by atoms with Crippen molar-refractivity contribution in [1.29, 1.82) is 0 Å². The topological polar surface area (TPSA) is 61.7 Å². The van der Waals surface area contributed by atoms with Crippen molar-refractivity contribution in [2.75, 3.05) is 0 Å². The molecule has 0 bridgehead atoms. The second kappa shape index (κ2) is 7.54. The van der Waals surface area contributed by atoms with E-state index in [-0.39, 0.29) is 11.7 Å². The first kappa shape index (κ1) is 16.7. The number of carbonyl (C=O) groups is 1. The van der Waals surface area contributed by atoms with Crippen LogP contribution in [-0.2, 0) is 0 Å². The van der Waals surface area contributed by atoms with Gasteiger partial charge in [0.05, 0.1) is 15.3 Å². The van der Waals surface area contributed by atoms with Crippen LogP contribution in [0.3, 0.4) is 0 Å². The Morgan fingerprint density at radius 2 is 2.00 bits per heavy atom. The molecule has 0 saturated heterocycles. The maximum Gasteiger partial charge on any atom is 0.272 e. The number of aromatic hydroxyl groups is 1. The van der Waals surface area contributed by atoms with Gasteiger partial charge >= 0.3 is 0 Å². The first-order valence-corrected chi connectivity index (χ1v) is 8.70. The summed E-state index contributed by atoms with van der Waals surface area (Å²) >= 11 is 7.51. The third-order valence-electron chi connectivity index (χ3n) is 2.55. The summed E-state index contributed by atoms with van der Waals surface area (Å²) in [7, 11) is 0. The van der Waals surface area contributed by atoms with Gasteiger partial charge < -0.3 is 5.11 Å². The van der Waals surface area contributed by atoms with Crippen molar-refractivity contribution in [3.05, 3.63) is 59.1 Å². The molecule has 1 amide bonds. The maximum absolute atomic E-state index is 12.0. The predicted octanol–water partition coefficient (Wildman–Crippen LogP) is 4.13. The molecule has 108 valence electrons. The smallest absolute Gasteiger partial charge is 0.272 e. The van der Waals surface area contributed by atoms with Crippen LogP contribution < -0.4 is 5.43 Å². The summed E-state index contributed by atoms with van der Waals surface area (Å²) in [6.07, 6.45) is 1.43. The maximum atomic E-state index is 12.0. The van der Waals surface area contributed by atoms with Gasteiger partial charge in [-0.2, -0.15) is 5.10 Å². The van der Waals surface area contributed by atoms with Crippen molar-refractivity contribution in [1.82, 2.24) is 5.43 Å². The molecular weight excluding hydrogens is 562 g/mol. The highest BCUT2D eigenvalue weighted by molar-refractivity contribution is 14.1. The standard InChI is InChI=1S/C14H9BrI2N2O2/c15-11-4-2-1-3-10(11)14(21)19-18-7-8-5-9(16)6-12(17)13(8)20/h1-7,20H,(H,19,21)/b18-7-. The molecule has 0 radical (unpaired) electrons. The van der Waals surface area contributed by atoms with Crippen LogP contribution in [0.1, 0.15) is 15.9 Å². The van der Waals surface area contributed by atoms with E-state index < -0.39 is 0 Å². The van der Waals surface area contributed by atoms with Crippen molar-refractivity contribution < 1.29 is 9.90 Å². The van der Waals surface area contributed by atoms with E-state index in [9.17, 15) is 9.90 Å². The Morgan fingerprint density at radius 3 is 2.71 bits per heavy atom. The van der Waals surface area contributed by atoms with E-state index in [2.05, 4.69) is 49.0 Å². The van der Waals surface area contributed by atoms with E-state index in [1.54, 1.807) is 24.3 Å². The fourth-order valence-electron chi connectivity index (χ4n) is 1.55. The van der Waals surface area contributed by atoms with Crippen molar-refractivity contribution in [2.24, 2.45) is 5.10 Å². The molecule has 7 heteroatoms. The van der Waals surface area contributed by atoms with Gasteiger partial charge in [0.1, 0.15) is 5.75 Å². The van der Waals surface area contributed by atoms with Gasteiger partial charge in [0.2, 0.25) is 0 Å². The molecule has 0 spiro atoms. The molecule has 0 atom stereocenters. The SMILES string of the molecule is O=C(N/N=C\c1cc(I)cc(I)c1O)c1ccccc1Br. The quantitative estimate of drug-likeness (QED) is 0.331. The van der Waals surface area contributed by atoms with Gasteiger partial charge in [0.25, 0.3) is 5.91 Å². The number of hydrazone groups is 1. The second-order valence-corrected chi connectivity index (χ2v) is 7.27. The molecule has 0 aliphatic rings. The van der Waals surface area contributed by atoms with E-state index in [0.29, 0.717) is 15.6 Å². The van der Waals surface area contributed by atoms with E-state index in [4.69, 9.17) is 0 Å². The molecule has 0 aromatic heterocycles. The van der Waals surface area contributed by atoms with E-state index >= 15 is 0 Å². The van der Waals surface area contributed by atoms with Crippen molar-refractivity contribution >= 4 is 73.2 Å². The lowest BCUT2D eigenvalue weighted by atomic mass is 10.2. The summed E-state index contributed by atoms with van der Waals surface area (Å²) in [6.45, 7) is 0. The molecule has 21 heavy (non-hydrogen) atoms. The minimum atomic E-state index is -0.321. The number of nitrogens with one attached hydrogen (secondary N) is 1. The fourth-order valence-corrected chi connectivity index (χ4v) is 3.90. The summed E-state index contributed by atoms with van der Waals surface area (Å²) in [5.74, 6) is -0.173. The average Bonchev–Trinajstić information content (AvgIpc) is 2.44. The molecule has 0 fully saturated rings. The number of carbonyl (C=O) groups excluding carboxylic acids is 1. The zero-order valence-electron chi connectivity index (χ0n) is 10.5. The number of phenolic OH excluding ortho intramolecular Hbond substituents is 1. The molecular formula is C14H9BrI2N2O2. The third kappa shape index (κ3) is 4.39. The molecule has 0 unspecified atom stereocenters. The normalized spacial score (nSPS) is 10.8. The van der Waals surface area contributed by atoms with Crippen LogP contribution in [0.25, 0.3) is 0 Å². The summed E-state index contributed by atoms with van der Waals surface area (Å²) in [5.41, 5.74) is 3.49. The highest BCUT2D eigenvalue weighted by atomic mass is 127. The van der Waals surface area contributed by atoms with Crippen molar-refractivity contribution in [3.63, 3.8) is 0 Å². The lowest BCUT2D eigenvalue weighted by Gasteiger charge is -2.04. The fraction of sp³-hybridized carbons (Fsp3) is 0. The first-order chi connectivity index (χ1) is 9.99. The molecule has 0 aliphatic carbocycles. The van der Waals surface area contributed by atoms with Gasteiger partial charge in [-0.15, -0.1) is 0 Å². The highest BCUT2D eigenvalue weighted by Gasteiger charge is 2.08. The number of amides is 1. The molecule has 0 heterocycles. The number of benzene rings is 2. The Balaban J connectivity index is 2.13. The first-order valence-electron chi connectivity index (χ1n) is 5.75. The summed E-state index contributed by atoms with van der Waals surface area (Å²) in [6, 6.07) is 10.7. The van der Waals surface area contributed by atoms with Crippen LogP contribution in [-0.4, -0.2) is 17.2 Å². The zero-order chi connectivity index (χ0) is 15.4. The van der Waals surface area contributed by atoms with Gasteiger partial charge in [-0.1, -0.05) is 12.1 Å². The van der Waals surface area contributed by atoms with Gasteiger partial charge in [0.15, 0.2) is 0 Å². The van der Waals surface area contributed by atoms with Crippen LogP contribution in [0.15, 0.2) is 46.0 Å². The number of hydrogen-bond acceptors (Lipinski definition) is 3. The number of hydrogen-bond donors (Lipinski definition) is 2. The summed E-state index contributed by atoms with van der Waals surface area (Å²) < 4.78 is 2.41. The van der Waals surface area contributed by atoms with Gasteiger partial charge in [0, 0.05) is 13.6 Å².